The van der Waals surface area contributed by atoms with E-state index >= 15 is 4.39 Å². The van der Waals surface area contributed by atoms with Crippen LogP contribution in [0.1, 0.15) is 50.7 Å². The molecule has 4 N–H and O–H groups in total. The summed E-state index contributed by atoms with van der Waals surface area (Å²) in [5, 5.41) is 10.5. The molecule has 0 aliphatic heterocycles. The maximum atomic E-state index is 15.1. The van der Waals surface area contributed by atoms with Crippen molar-refractivity contribution >= 4 is 12.2 Å². The summed E-state index contributed by atoms with van der Waals surface area (Å²) >= 11 is 0. The zero-order valence-corrected chi connectivity index (χ0v) is 16.6. The average molecular weight is 381 g/mol. The highest BCUT2D eigenvalue weighted by molar-refractivity contribution is 6.01. The largest absolute Gasteiger partial charge is 0.383 e. The van der Waals surface area contributed by atoms with Crippen LogP contribution in [0.4, 0.5) is 4.39 Å². The molecule has 0 atom stereocenters. The van der Waals surface area contributed by atoms with Gasteiger partial charge in [0.25, 0.3) is 0 Å². The van der Waals surface area contributed by atoms with Gasteiger partial charge in [-0.05, 0) is 36.7 Å². The molecule has 4 nitrogen and oxygen atoms in total. The first-order chi connectivity index (χ1) is 13.4. The molecule has 0 aromatic heterocycles. The van der Waals surface area contributed by atoms with Gasteiger partial charge in [-0.25, -0.2) is 9.38 Å². The van der Waals surface area contributed by atoms with Crippen molar-refractivity contribution in [1.29, 1.82) is 5.41 Å². The Bertz CT molecular complexity index is 845. The maximum absolute atomic E-state index is 15.1. The summed E-state index contributed by atoms with van der Waals surface area (Å²) in [7, 11) is 0. The van der Waals surface area contributed by atoms with Gasteiger partial charge in [0, 0.05) is 29.3 Å². The van der Waals surface area contributed by atoms with Crippen molar-refractivity contribution in [3.8, 4) is 11.1 Å². The fourth-order valence-corrected chi connectivity index (χ4v) is 3.76. The van der Waals surface area contributed by atoms with Crippen molar-refractivity contribution in [2.24, 2.45) is 16.1 Å². The number of halogens is 1. The Morgan fingerprint density at radius 3 is 2.54 bits per heavy atom. The zero-order chi connectivity index (χ0) is 20.1. The predicted octanol–water partition coefficient (Wildman–Crippen LogP) is 4.86. The highest BCUT2D eigenvalue weighted by Crippen LogP contribution is 2.35. The van der Waals surface area contributed by atoms with Crippen molar-refractivity contribution in [3.05, 3.63) is 59.4 Å². The summed E-state index contributed by atoms with van der Waals surface area (Å²) in [6, 6.07) is 13.3. The van der Waals surface area contributed by atoms with E-state index in [1.54, 1.807) is 18.2 Å². The molecule has 2 aromatic carbocycles. The van der Waals surface area contributed by atoms with E-state index in [1.807, 2.05) is 24.3 Å². The van der Waals surface area contributed by atoms with Crippen LogP contribution in [0.2, 0.25) is 0 Å². The molecule has 2 aromatic rings. The lowest BCUT2D eigenvalue weighted by Gasteiger charge is -2.34. The molecule has 1 aliphatic rings. The Hall–Kier alpha value is -2.53. The van der Waals surface area contributed by atoms with Crippen LogP contribution in [0.15, 0.2) is 47.5 Å². The van der Waals surface area contributed by atoms with Crippen LogP contribution in [0.25, 0.3) is 11.1 Å². The number of rotatable bonds is 6. The maximum Gasteiger partial charge on any atom is 0.135 e. The van der Waals surface area contributed by atoms with Gasteiger partial charge in [0.1, 0.15) is 18.0 Å². The Kier molecular flexibility index (Phi) is 6.25. The Morgan fingerprint density at radius 2 is 1.89 bits per heavy atom. The monoisotopic (exact) mass is 380 g/mol. The lowest BCUT2D eigenvalue weighted by molar-refractivity contribution is 0.205. The highest BCUT2D eigenvalue weighted by atomic mass is 19.1. The van der Waals surface area contributed by atoms with Crippen LogP contribution in [-0.2, 0) is 6.54 Å². The van der Waals surface area contributed by atoms with E-state index in [2.05, 4.69) is 24.2 Å². The average Bonchev–Trinajstić information content (AvgIpc) is 2.68. The molecule has 0 heterocycles. The molecule has 1 fully saturated rings. The molecule has 28 heavy (non-hydrogen) atoms. The second-order valence-corrected chi connectivity index (χ2v) is 8.32. The van der Waals surface area contributed by atoms with Gasteiger partial charge >= 0.3 is 0 Å². The van der Waals surface area contributed by atoms with E-state index in [1.165, 1.54) is 12.8 Å². The Balaban J connectivity index is 1.71. The number of amidine groups is 1. The molecule has 0 unspecified atom stereocenters. The van der Waals surface area contributed by atoms with Crippen molar-refractivity contribution < 1.29 is 4.39 Å². The summed E-state index contributed by atoms with van der Waals surface area (Å²) in [5.74, 6) is 0.0932. The molecular weight excluding hydrogens is 351 g/mol. The van der Waals surface area contributed by atoms with Crippen LogP contribution in [0, 0.1) is 16.6 Å². The molecule has 148 valence electrons. The smallest absolute Gasteiger partial charge is 0.135 e. The minimum Gasteiger partial charge on any atom is -0.383 e. The third-order valence-electron chi connectivity index (χ3n) is 5.69. The van der Waals surface area contributed by atoms with E-state index in [9.17, 15) is 0 Å². The van der Waals surface area contributed by atoms with Crippen molar-refractivity contribution in [2.45, 2.75) is 52.1 Å². The molecule has 1 aliphatic carbocycles. The molecule has 1 saturated carbocycles. The summed E-state index contributed by atoms with van der Waals surface area (Å²) < 4.78 is 15.1. The lowest BCUT2D eigenvalue weighted by Crippen LogP contribution is -2.35. The fourth-order valence-electron chi connectivity index (χ4n) is 3.76. The standard InChI is InChI=1S/C23H29FN4/c1-23(2)12-10-19(11-13-23)27-14-18-4-3-5-20(21(18)24)16-6-8-17(9-7-16)22(26)28-15-25/h3-9,15,19,27H,10-14H2,1-2H3,(H3,25,26,28). The van der Waals surface area contributed by atoms with E-state index < -0.39 is 0 Å². The van der Waals surface area contributed by atoms with E-state index in [4.69, 9.17) is 11.1 Å². The molecule has 0 radical (unpaired) electrons. The van der Waals surface area contributed by atoms with Gasteiger partial charge < -0.3 is 11.1 Å². The summed E-state index contributed by atoms with van der Waals surface area (Å²) in [5.41, 5.74) is 9.01. The number of nitrogens with zero attached hydrogens (tertiary/aromatic N) is 1. The molecule has 0 saturated heterocycles. The summed E-state index contributed by atoms with van der Waals surface area (Å²) in [6.07, 6.45) is 5.63. The van der Waals surface area contributed by atoms with Gasteiger partial charge in [0.05, 0.1) is 0 Å². The van der Waals surface area contributed by atoms with Crippen molar-refractivity contribution in [2.75, 3.05) is 0 Å². The quantitative estimate of drug-likeness (QED) is 0.494. The lowest BCUT2D eigenvalue weighted by atomic mass is 9.75. The third-order valence-corrected chi connectivity index (χ3v) is 5.69. The topological polar surface area (TPSA) is 74.3 Å². The molecule has 0 spiro atoms. The number of hydrogen-bond acceptors (Lipinski definition) is 2. The van der Waals surface area contributed by atoms with Gasteiger partial charge in [0.15, 0.2) is 0 Å². The van der Waals surface area contributed by atoms with Crippen LogP contribution in [0.3, 0.4) is 0 Å². The number of aliphatic imine (C=N–C) groups is 1. The van der Waals surface area contributed by atoms with Crippen LogP contribution in [-0.4, -0.2) is 18.2 Å². The zero-order valence-electron chi connectivity index (χ0n) is 16.6. The first-order valence-corrected chi connectivity index (χ1v) is 9.83. The third kappa shape index (κ3) is 4.84. The van der Waals surface area contributed by atoms with Crippen molar-refractivity contribution in [1.82, 2.24) is 5.32 Å². The minimum absolute atomic E-state index is 0.181. The SMILES string of the molecule is CC1(C)CCC(NCc2cccc(-c3ccc(C(N)=NC=N)cc3)c2F)CC1. The molecule has 5 heteroatoms. The molecule has 0 amide bonds. The Morgan fingerprint density at radius 1 is 1.21 bits per heavy atom. The first kappa shape index (κ1) is 20.2. The van der Waals surface area contributed by atoms with E-state index in [-0.39, 0.29) is 11.7 Å². The Labute approximate surface area is 166 Å². The number of hydrogen-bond donors (Lipinski definition) is 3. The van der Waals surface area contributed by atoms with Gasteiger partial charge in [-0.3, -0.25) is 5.41 Å². The minimum atomic E-state index is -0.181. The van der Waals surface area contributed by atoms with Gasteiger partial charge in [-0.1, -0.05) is 56.3 Å². The second kappa shape index (κ2) is 8.65. The predicted molar refractivity (Wildman–Crippen MR) is 114 cm³/mol. The number of nitrogens with two attached hydrogens (primary N) is 1. The molecule has 0 bridgehead atoms. The van der Waals surface area contributed by atoms with Crippen LogP contribution in [0.5, 0.6) is 0 Å². The van der Waals surface area contributed by atoms with E-state index in [0.717, 1.165) is 24.7 Å². The van der Waals surface area contributed by atoms with Crippen LogP contribution < -0.4 is 11.1 Å². The normalized spacial score (nSPS) is 17.5. The number of benzene rings is 2. The summed E-state index contributed by atoms with van der Waals surface area (Å²) in [4.78, 5) is 3.76. The molecule has 3 rings (SSSR count). The van der Waals surface area contributed by atoms with Crippen LogP contribution >= 0.6 is 0 Å². The molecular formula is C23H29FN4. The summed E-state index contributed by atoms with van der Waals surface area (Å²) in [6.45, 7) is 5.19. The highest BCUT2D eigenvalue weighted by Gasteiger charge is 2.26. The second-order valence-electron chi connectivity index (χ2n) is 8.32. The number of nitrogens with one attached hydrogen (secondary N) is 2. The van der Waals surface area contributed by atoms with Crippen molar-refractivity contribution in [3.63, 3.8) is 0 Å². The van der Waals surface area contributed by atoms with Gasteiger partial charge in [-0.15, -0.1) is 0 Å². The fraction of sp³-hybridized carbons (Fsp3) is 0.391. The van der Waals surface area contributed by atoms with Gasteiger partial charge in [0.2, 0.25) is 0 Å². The first-order valence-electron chi connectivity index (χ1n) is 9.83. The van der Waals surface area contributed by atoms with E-state index in [0.29, 0.717) is 34.7 Å². The van der Waals surface area contributed by atoms with Gasteiger partial charge in [-0.2, -0.15) is 0 Å².